The van der Waals surface area contributed by atoms with E-state index in [1.165, 1.54) is 0 Å². The summed E-state index contributed by atoms with van der Waals surface area (Å²) in [6, 6.07) is -0.0644. The normalized spacial score (nSPS) is 20.3. The van der Waals surface area contributed by atoms with Crippen LogP contribution in [0.5, 0.6) is 0 Å². The fourth-order valence-corrected chi connectivity index (χ4v) is 2.97. The van der Waals surface area contributed by atoms with Crippen molar-refractivity contribution >= 4 is 5.91 Å². The first-order valence-corrected chi connectivity index (χ1v) is 8.00. The van der Waals surface area contributed by atoms with Crippen molar-refractivity contribution in [2.24, 2.45) is 7.05 Å². The van der Waals surface area contributed by atoms with Gasteiger partial charge in [0.15, 0.2) is 0 Å². The number of piperidine rings is 1. The Kier molecular flexibility index (Phi) is 4.41. The second kappa shape index (κ2) is 6.23. The number of carbonyl (C=O) groups excluding carboxylic acids is 1. The first-order chi connectivity index (χ1) is 11.3. The molecule has 134 valence electrons. The second-order valence-corrected chi connectivity index (χ2v) is 6.46. The Morgan fingerprint density at radius 3 is 2.38 bits per heavy atom. The molecule has 10 heteroatoms. The van der Waals surface area contributed by atoms with Gasteiger partial charge in [0.25, 0.3) is 0 Å². The van der Waals surface area contributed by atoms with Gasteiger partial charge in [0.1, 0.15) is 0 Å². The lowest BCUT2D eigenvalue weighted by Crippen LogP contribution is -2.43. The third-order valence-corrected chi connectivity index (χ3v) is 4.47. The van der Waals surface area contributed by atoms with Crippen molar-refractivity contribution in [1.29, 1.82) is 0 Å². The van der Waals surface area contributed by atoms with Crippen molar-refractivity contribution in [2.75, 3.05) is 19.6 Å². The van der Waals surface area contributed by atoms with Crippen LogP contribution in [0.1, 0.15) is 37.5 Å². The summed E-state index contributed by atoms with van der Waals surface area (Å²) in [5.74, 6) is -1.20. The third kappa shape index (κ3) is 3.63. The average molecular weight is 347 g/mol. The van der Waals surface area contributed by atoms with E-state index in [4.69, 9.17) is 0 Å². The Hall–Kier alpha value is -1.84. The van der Waals surface area contributed by atoms with E-state index in [0.29, 0.717) is 36.5 Å². The fraction of sp³-hybridized carbons (Fsp3) is 0.786. The number of amides is 1. The Balaban J connectivity index is 1.60. The van der Waals surface area contributed by atoms with E-state index in [-0.39, 0.29) is 18.5 Å². The van der Waals surface area contributed by atoms with Crippen LogP contribution < -0.4 is 11.0 Å². The summed E-state index contributed by atoms with van der Waals surface area (Å²) in [7, 11) is 1.08. The molecule has 1 aromatic rings. The molecule has 0 unspecified atom stereocenters. The van der Waals surface area contributed by atoms with E-state index >= 15 is 0 Å². The van der Waals surface area contributed by atoms with Crippen LogP contribution in [0.25, 0.3) is 0 Å². The third-order valence-electron chi connectivity index (χ3n) is 4.47. The monoisotopic (exact) mass is 347 g/mol. The maximum Gasteiger partial charge on any atom is 0.451 e. The molecule has 0 bridgehead atoms. The Morgan fingerprint density at radius 2 is 1.88 bits per heavy atom. The van der Waals surface area contributed by atoms with Crippen molar-refractivity contribution < 1.29 is 18.0 Å². The fourth-order valence-electron chi connectivity index (χ4n) is 2.97. The predicted octanol–water partition coefficient (Wildman–Crippen LogP) is 0.516. The Labute approximate surface area is 136 Å². The number of halogens is 3. The molecule has 1 aliphatic carbocycles. The minimum Gasteiger partial charge on any atom is -0.352 e. The van der Waals surface area contributed by atoms with Crippen LogP contribution in [0.4, 0.5) is 13.2 Å². The number of nitrogens with one attached hydrogen (secondary N) is 1. The number of hydrogen-bond donors (Lipinski definition) is 1. The molecule has 2 heterocycles. The summed E-state index contributed by atoms with van der Waals surface area (Å²) in [4.78, 5) is 25.7. The van der Waals surface area contributed by atoms with Crippen LogP contribution in [0.3, 0.4) is 0 Å². The van der Waals surface area contributed by atoms with Crippen molar-refractivity contribution in [3.8, 4) is 0 Å². The molecular weight excluding hydrogens is 327 g/mol. The number of likely N-dealkylation sites (tertiary alicyclic amines) is 1. The highest BCUT2D eigenvalue weighted by Gasteiger charge is 2.39. The maximum absolute atomic E-state index is 12.8. The maximum atomic E-state index is 12.8. The lowest BCUT2D eigenvalue weighted by Gasteiger charge is -2.30. The zero-order valence-corrected chi connectivity index (χ0v) is 13.3. The molecule has 2 aliphatic rings. The number of hydrogen-bond acceptors (Lipinski definition) is 4. The first-order valence-electron chi connectivity index (χ1n) is 8.00. The zero-order valence-electron chi connectivity index (χ0n) is 13.3. The summed E-state index contributed by atoms with van der Waals surface area (Å²) >= 11 is 0. The molecular formula is C14H20F3N5O2. The van der Waals surface area contributed by atoms with Crippen molar-refractivity contribution in [3.63, 3.8) is 0 Å². The number of carbonyl (C=O) groups is 1. The van der Waals surface area contributed by atoms with E-state index in [9.17, 15) is 22.8 Å². The molecule has 1 saturated heterocycles. The van der Waals surface area contributed by atoms with Crippen LogP contribution in [0.2, 0.25) is 0 Å². The van der Waals surface area contributed by atoms with Crippen molar-refractivity contribution in [3.05, 3.63) is 16.3 Å². The Morgan fingerprint density at radius 1 is 1.25 bits per heavy atom. The van der Waals surface area contributed by atoms with Crippen molar-refractivity contribution in [1.82, 2.24) is 24.6 Å². The molecule has 1 saturated carbocycles. The topological polar surface area (TPSA) is 72.2 Å². The molecule has 7 nitrogen and oxygen atoms in total. The van der Waals surface area contributed by atoms with Crippen LogP contribution in [0.15, 0.2) is 4.79 Å². The summed E-state index contributed by atoms with van der Waals surface area (Å²) in [5.41, 5.74) is -0.757. The highest BCUT2D eigenvalue weighted by Crippen LogP contribution is 2.28. The van der Waals surface area contributed by atoms with Gasteiger partial charge in [0.05, 0.1) is 12.6 Å². The molecule has 1 N–H and O–H groups in total. The van der Waals surface area contributed by atoms with Gasteiger partial charge in [-0.3, -0.25) is 14.3 Å². The standard InChI is InChI=1S/C14H20F3N5O2/c1-20-12(14(15,16)17)19-22(13(20)24)10-4-6-21(7-5-10)8-11(23)18-9-2-3-9/h9-10H,2-8H2,1H3,(H,18,23). The van der Waals surface area contributed by atoms with E-state index in [1.54, 1.807) is 0 Å². The van der Waals surface area contributed by atoms with E-state index in [0.717, 1.165) is 24.6 Å². The molecule has 0 atom stereocenters. The average Bonchev–Trinajstić information content (AvgIpc) is 3.25. The van der Waals surface area contributed by atoms with Crippen LogP contribution >= 0.6 is 0 Å². The molecule has 0 aromatic carbocycles. The van der Waals surface area contributed by atoms with Crippen LogP contribution in [-0.2, 0) is 18.0 Å². The molecule has 1 amide bonds. The molecule has 0 radical (unpaired) electrons. The van der Waals surface area contributed by atoms with E-state index in [1.807, 2.05) is 4.90 Å². The minimum absolute atomic E-state index is 0.0229. The highest BCUT2D eigenvalue weighted by atomic mass is 19.4. The van der Waals surface area contributed by atoms with Gasteiger partial charge >= 0.3 is 11.9 Å². The van der Waals surface area contributed by atoms with Gasteiger partial charge < -0.3 is 5.32 Å². The molecule has 1 aromatic heterocycles. The zero-order chi connectivity index (χ0) is 17.5. The number of rotatable bonds is 4. The number of alkyl halides is 3. The van der Waals surface area contributed by atoms with Gasteiger partial charge in [0, 0.05) is 26.2 Å². The molecule has 0 spiro atoms. The quantitative estimate of drug-likeness (QED) is 0.862. The SMILES string of the molecule is Cn1c(C(F)(F)F)nn(C2CCN(CC(=O)NC3CC3)CC2)c1=O. The predicted molar refractivity (Wildman–Crippen MR) is 78.3 cm³/mol. The van der Waals surface area contributed by atoms with Gasteiger partial charge in [-0.2, -0.15) is 13.2 Å². The first kappa shape index (κ1) is 17.0. The lowest BCUT2D eigenvalue weighted by molar-refractivity contribution is -0.147. The van der Waals surface area contributed by atoms with Crippen LogP contribution in [0, 0.1) is 0 Å². The molecule has 2 fully saturated rings. The Bertz CT molecular complexity index is 669. The van der Waals surface area contributed by atoms with Gasteiger partial charge in [0.2, 0.25) is 11.7 Å². The highest BCUT2D eigenvalue weighted by molar-refractivity contribution is 5.78. The summed E-state index contributed by atoms with van der Waals surface area (Å²) < 4.78 is 40.0. The minimum atomic E-state index is -4.65. The van der Waals surface area contributed by atoms with Gasteiger partial charge in [-0.1, -0.05) is 0 Å². The molecule has 3 rings (SSSR count). The van der Waals surface area contributed by atoms with Crippen molar-refractivity contribution in [2.45, 2.75) is 43.9 Å². The van der Waals surface area contributed by atoms with Gasteiger partial charge in [-0.25, -0.2) is 9.48 Å². The lowest BCUT2D eigenvalue weighted by atomic mass is 10.1. The number of aromatic nitrogens is 3. The van der Waals surface area contributed by atoms with E-state index in [2.05, 4.69) is 10.4 Å². The van der Waals surface area contributed by atoms with Gasteiger partial charge in [-0.15, -0.1) is 5.10 Å². The van der Waals surface area contributed by atoms with Gasteiger partial charge in [-0.05, 0) is 25.7 Å². The summed E-state index contributed by atoms with van der Waals surface area (Å²) in [5, 5.41) is 6.39. The van der Waals surface area contributed by atoms with E-state index < -0.39 is 17.7 Å². The smallest absolute Gasteiger partial charge is 0.352 e. The number of nitrogens with zero attached hydrogens (tertiary/aromatic N) is 4. The summed E-state index contributed by atoms with van der Waals surface area (Å²) in [6.45, 7) is 1.38. The molecule has 1 aliphatic heterocycles. The van der Waals surface area contributed by atoms with Crippen LogP contribution in [-0.4, -0.2) is 50.8 Å². The summed E-state index contributed by atoms with van der Waals surface area (Å²) in [6.07, 6.45) is -1.62. The molecule has 24 heavy (non-hydrogen) atoms. The second-order valence-electron chi connectivity index (χ2n) is 6.46. The largest absolute Gasteiger partial charge is 0.451 e.